The van der Waals surface area contributed by atoms with E-state index in [-0.39, 0.29) is 22.9 Å². The number of benzene rings is 1. The molecule has 4 N–H and O–H groups in total. The van der Waals surface area contributed by atoms with E-state index in [0.29, 0.717) is 11.4 Å². The van der Waals surface area contributed by atoms with E-state index in [9.17, 15) is 10.1 Å². The lowest BCUT2D eigenvalue weighted by molar-refractivity contribution is -0.122. The molecule has 28 heavy (non-hydrogen) atoms. The number of hydrogen-bond acceptors (Lipinski definition) is 4. The Hall–Kier alpha value is -2.48. The summed E-state index contributed by atoms with van der Waals surface area (Å²) in [6.07, 6.45) is 9.28. The summed E-state index contributed by atoms with van der Waals surface area (Å²) < 4.78 is 0. The van der Waals surface area contributed by atoms with Crippen LogP contribution >= 0.6 is 0 Å². The maximum atomic E-state index is 12.8. The summed E-state index contributed by atoms with van der Waals surface area (Å²) in [4.78, 5) is 12.8. The molecule has 1 amide bonds. The Labute approximate surface area is 167 Å². The molecule has 1 aromatic carbocycles. The van der Waals surface area contributed by atoms with Crippen LogP contribution in [0.25, 0.3) is 0 Å². The lowest BCUT2D eigenvalue weighted by atomic mass is 9.48. The number of nitriles is 1. The number of nitrogens with one attached hydrogen (secondary N) is 2. The van der Waals surface area contributed by atoms with Crippen molar-refractivity contribution in [1.82, 2.24) is 5.32 Å². The second kappa shape index (κ2) is 7.16. The second-order valence-electron chi connectivity index (χ2n) is 9.38. The van der Waals surface area contributed by atoms with Gasteiger partial charge < -0.3 is 16.4 Å². The highest BCUT2D eigenvalue weighted by Gasteiger charge is 2.53. The first-order valence-corrected chi connectivity index (χ1v) is 10.4. The van der Waals surface area contributed by atoms with Crippen molar-refractivity contribution in [3.05, 3.63) is 35.5 Å². The zero-order valence-electron chi connectivity index (χ0n) is 16.8. The molecule has 0 spiro atoms. The minimum Gasteiger partial charge on any atom is -0.397 e. The number of nitrogens with two attached hydrogens (primary N) is 1. The average Bonchev–Trinajstić information content (AvgIpc) is 2.62. The Kier molecular flexibility index (Phi) is 4.82. The number of anilines is 2. The van der Waals surface area contributed by atoms with Crippen LogP contribution in [0.4, 0.5) is 11.4 Å². The van der Waals surface area contributed by atoms with Crippen LogP contribution in [-0.2, 0) is 4.79 Å². The van der Waals surface area contributed by atoms with Crippen LogP contribution in [0.3, 0.4) is 0 Å². The third-order valence-corrected chi connectivity index (χ3v) is 7.30. The molecular weight excluding hydrogens is 348 g/mol. The van der Waals surface area contributed by atoms with Crippen LogP contribution in [0.1, 0.15) is 51.0 Å². The van der Waals surface area contributed by atoms with Gasteiger partial charge in [-0.2, -0.15) is 5.26 Å². The van der Waals surface area contributed by atoms with Crippen LogP contribution in [0.15, 0.2) is 30.0 Å². The molecule has 0 heterocycles. The van der Waals surface area contributed by atoms with Crippen molar-refractivity contribution in [2.45, 2.75) is 58.4 Å². The highest BCUT2D eigenvalue weighted by atomic mass is 16.1. The molecule has 148 valence electrons. The molecule has 0 radical (unpaired) electrons. The van der Waals surface area contributed by atoms with Crippen molar-refractivity contribution in [2.24, 2.45) is 23.2 Å². The van der Waals surface area contributed by atoms with E-state index in [1.54, 1.807) is 0 Å². The molecule has 1 aromatic rings. The Morgan fingerprint density at radius 2 is 1.86 bits per heavy atom. The van der Waals surface area contributed by atoms with E-state index >= 15 is 0 Å². The van der Waals surface area contributed by atoms with E-state index in [1.165, 1.54) is 44.7 Å². The van der Waals surface area contributed by atoms with Gasteiger partial charge in [0.05, 0.1) is 11.4 Å². The summed E-state index contributed by atoms with van der Waals surface area (Å²) in [6, 6.07) is 7.77. The largest absolute Gasteiger partial charge is 0.397 e. The molecule has 4 fully saturated rings. The number of nitrogen functional groups attached to an aromatic ring is 1. The first-order chi connectivity index (χ1) is 13.4. The predicted molar refractivity (Wildman–Crippen MR) is 111 cm³/mol. The molecule has 0 aliphatic heterocycles. The number of aryl methyl sites for hydroxylation is 1. The number of rotatable bonds is 5. The highest BCUT2D eigenvalue weighted by molar-refractivity contribution is 5.97. The smallest absolute Gasteiger partial charge is 0.263 e. The van der Waals surface area contributed by atoms with E-state index in [0.717, 1.165) is 23.3 Å². The molecule has 4 aliphatic rings. The quantitative estimate of drug-likeness (QED) is 0.408. The van der Waals surface area contributed by atoms with Gasteiger partial charge in [0.15, 0.2) is 0 Å². The number of carbonyl (C=O) groups excluding carboxylic acids is 1. The fourth-order valence-electron chi connectivity index (χ4n) is 6.25. The highest BCUT2D eigenvalue weighted by Crippen LogP contribution is 2.61. The predicted octanol–water partition coefficient (Wildman–Crippen LogP) is 4.12. The Bertz CT molecular complexity index is 815. The Morgan fingerprint density at radius 1 is 1.25 bits per heavy atom. The van der Waals surface area contributed by atoms with Crippen LogP contribution < -0.4 is 16.4 Å². The van der Waals surface area contributed by atoms with Crippen LogP contribution in [0.5, 0.6) is 0 Å². The van der Waals surface area contributed by atoms with Gasteiger partial charge in [0.1, 0.15) is 11.6 Å². The lowest BCUT2D eigenvalue weighted by Crippen LogP contribution is -2.56. The summed E-state index contributed by atoms with van der Waals surface area (Å²) >= 11 is 0. The summed E-state index contributed by atoms with van der Waals surface area (Å²) in [5, 5.41) is 15.6. The minimum atomic E-state index is -0.302. The molecule has 4 aliphatic carbocycles. The molecular formula is C23H30N4O. The van der Waals surface area contributed by atoms with Crippen LogP contribution in [0.2, 0.25) is 0 Å². The molecule has 4 bridgehead atoms. The molecule has 1 unspecified atom stereocenters. The summed E-state index contributed by atoms with van der Waals surface area (Å²) in [5.74, 6) is 2.21. The molecule has 4 saturated carbocycles. The zero-order valence-corrected chi connectivity index (χ0v) is 16.8. The molecule has 5 heteroatoms. The summed E-state index contributed by atoms with van der Waals surface area (Å²) in [5.41, 5.74) is 8.65. The topological polar surface area (TPSA) is 90.9 Å². The van der Waals surface area contributed by atoms with Gasteiger partial charge in [0, 0.05) is 12.2 Å². The SMILES string of the molecule is Cc1ccc(N/C=C(/C#N)C(=O)NC(C)C23CC4CC(CC(C4)C2)C3)c(N)c1. The normalized spacial score (nSPS) is 31.9. The van der Waals surface area contributed by atoms with Crippen LogP contribution in [-0.4, -0.2) is 11.9 Å². The lowest BCUT2D eigenvalue weighted by Gasteiger charge is -2.59. The van der Waals surface area contributed by atoms with Gasteiger partial charge in [-0.15, -0.1) is 0 Å². The molecule has 0 aromatic heterocycles. The van der Waals surface area contributed by atoms with Crippen molar-refractivity contribution < 1.29 is 4.79 Å². The Balaban J connectivity index is 1.43. The van der Waals surface area contributed by atoms with Gasteiger partial charge in [-0.3, -0.25) is 4.79 Å². The van der Waals surface area contributed by atoms with Crippen molar-refractivity contribution in [2.75, 3.05) is 11.1 Å². The third kappa shape index (κ3) is 3.48. The standard InChI is InChI=1S/C23H30N4O/c1-14-3-4-21(20(25)5-14)26-13-19(12-24)22(28)27-15(2)23-9-16-6-17(10-23)8-18(7-16)11-23/h3-5,13,15-18,26H,6-11,25H2,1-2H3,(H,27,28)/b19-13-. The number of amides is 1. The monoisotopic (exact) mass is 378 g/mol. The van der Waals surface area contributed by atoms with E-state index in [2.05, 4.69) is 17.6 Å². The van der Waals surface area contributed by atoms with Gasteiger partial charge in [-0.25, -0.2) is 0 Å². The molecule has 5 rings (SSSR count). The van der Waals surface area contributed by atoms with E-state index in [4.69, 9.17) is 5.73 Å². The summed E-state index contributed by atoms with van der Waals surface area (Å²) in [6.45, 7) is 4.10. The molecule has 1 atom stereocenters. The van der Waals surface area contributed by atoms with Gasteiger partial charge in [-0.1, -0.05) is 6.07 Å². The zero-order chi connectivity index (χ0) is 19.9. The average molecular weight is 379 g/mol. The molecule has 0 saturated heterocycles. The van der Waals surface area contributed by atoms with Gasteiger partial charge in [0.2, 0.25) is 0 Å². The van der Waals surface area contributed by atoms with E-state index < -0.39 is 0 Å². The maximum Gasteiger partial charge on any atom is 0.263 e. The van der Waals surface area contributed by atoms with Crippen molar-refractivity contribution in [1.29, 1.82) is 5.26 Å². The fourth-order valence-corrected chi connectivity index (χ4v) is 6.25. The molecule has 5 nitrogen and oxygen atoms in total. The van der Waals surface area contributed by atoms with Crippen molar-refractivity contribution >= 4 is 17.3 Å². The maximum absolute atomic E-state index is 12.8. The van der Waals surface area contributed by atoms with Crippen molar-refractivity contribution in [3.8, 4) is 6.07 Å². The fraction of sp³-hybridized carbons (Fsp3) is 0.565. The number of carbonyl (C=O) groups is 1. The number of nitrogens with zero attached hydrogens (tertiary/aromatic N) is 1. The number of hydrogen-bond donors (Lipinski definition) is 3. The first kappa shape index (κ1) is 18.9. The Morgan fingerprint density at radius 3 is 2.39 bits per heavy atom. The van der Waals surface area contributed by atoms with Crippen LogP contribution in [0, 0.1) is 41.4 Å². The van der Waals surface area contributed by atoms with E-state index in [1.807, 2.05) is 31.2 Å². The second-order valence-corrected chi connectivity index (χ2v) is 9.38. The van der Waals surface area contributed by atoms with Gasteiger partial charge in [-0.05, 0) is 93.2 Å². The van der Waals surface area contributed by atoms with Gasteiger partial charge in [0.25, 0.3) is 5.91 Å². The third-order valence-electron chi connectivity index (χ3n) is 7.30. The minimum absolute atomic E-state index is 0.0801. The van der Waals surface area contributed by atoms with Gasteiger partial charge >= 0.3 is 0 Å². The first-order valence-electron chi connectivity index (χ1n) is 10.4. The van der Waals surface area contributed by atoms with Crippen molar-refractivity contribution in [3.63, 3.8) is 0 Å². The summed E-state index contributed by atoms with van der Waals surface area (Å²) in [7, 11) is 0.